The van der Waals surface area contributed by atoms with Gasteiger partial charge in [0.25, 0.3) is 5.91 Å². The molecular weight excluding hydrogens is 352 g/mol. The van der Waals surface area contributed by atoms with Crippen LogP contribution in [0, 0.1) is 0 Å². The molecule has 0 saturated carbocycles. The van der Waals surface area contributed by atoms with Crippen LogP contribution in [-0.2, 0) is 4.79 Å². The summed E-state index contributed by atoms with van der Waals surface area (Å²) in [4.78, 5) is 16.4. The minimum atomic E-state index is -0.299. The predicted octanol–water partition coefficient (Wildman–Crippen LogP) is 3.67. The van der Waals surface area contributed by atoms with Crippen molar-refractivity contribution in [3.63, 3.8) is 0 Å². The van der Waals surface area contributed by atoms with Crippen LogP contribution in [0.1, 0.15) is 11.8 Å². The van der Waals surface area contributed by atoms with Gasteiger partial charge in [0, 0.05) is 5.38 Å². The van der Waals surface area contributed by atoms with Gasteiger partial charge in [-0.25, -0.2) is 4.98 Å². The Hall–Kier alpha value is -3.06. The number of fused-ring (bicyclic) bond motifs is 1. The van der Waals surface area contributed by atoms with Crippen molar-refractivity contribution in [2.75, 3.05) is 18.5 Å². The molecule has 2 heterocycles. The second-order valence-electron chi connectivity index (χ2n) is 5.59. The molecule has 0 unspecified atom stereocenters. The SMILES string of the molecule is O=C(COc1ccccc1)Nc1nc([C@@H]2COc3ccccc3O2)cs1. The second-order valence-corrected chi connectivity index (χ2v) is 6.45. The monoisotopic (exact) mass is 368 g/mol. The third-order valence-electron chi connectivity index (χ3n) is 3.72. The number of thiazole rings is 1. The number of nitrogens with zero attached hydrogens (tertiary/aromatic N) is 1. The van der Waals surface area contributed by atoms with E-state index in [0.29, 0.717) is 23.2 Å². The number of ether oxygens (including phenoxy) is 3. The van der Waals surface area contributed by atoms with Gasteiger partial charge in [0.1, 0.15) is 12.4 Å². The first kappa shape index (κ1) is 16.4. The van der Waals surface area contributed by atoms with Crippen LogP contribution in [0.5, 0.6) is 17.2 Å². The topological polar surface area (TPSA) is 69.7 Å². The Kier molecular flexibility index (Phi) is 4.70. The molecule has 1 N–H and O–H groups in total. The maximum atomic E-state index is 12.0. The largest absolute Gasteiger partial charge is 0.485 e. The Morgan fingerprint density at radius 2 is 1.92 bits per heavy atom. The number of benzene rings is 2. The number of para-hydroxylation sites is 3. The zero-order valence-corrected chi connectivity index (χ0v) is 14.6. The number of amides is 1. The Balaban J connectivity index is 1.34. The molecule has 0 fully saturated rings. The van der Waals surface area contributed by atoms with Crippen LogP contribution in [0.2, 0.25) is 0 Å². The lowest BCUT2D eigenvalue weighted by molar-refractivity contribution is -0.118. The number of nitrogens with one attached hydrogen (secondary N) is 1. The summed E-state index contributed by atoms with van der Waals surface area (Å²) in [6, 6.07) is 16.7. The van der Waals surface area contributed by atoms with Gasteiger partial charge in [-0.1, -0.05) is 30.3 Å². The summed E-state index contributed by atoms with van der Waals surface area (Å²) >= 11 is 1.34. The van der Waals surface area contributed by atoms with Gasteiger partial charge in [0.05, 0.1) is 5.69 Å². The predicted molar refractivity (Wildman–Crippen MR) is 98.0 cm³/mol. The fourth-order valence-electron chi connectivity index (χ4n) is 2.48. The van der Waals surface area contributed by atoms with Crippen molar-refractivity contribution >= 4 is 22.4 Å². The van der Waals surface area contributed by atoms with Gasteiger partial charge in [-0.15, -0.1) is 11.3 Å². The van der Waals surface area contributed by atoms with E-state index in [9.17, 15) is 4.79 Å². The number of carbonyl (C=O) groups is 1. The standard InChI is InChI=1S/C19H16N2O4S/c22-18(11-23-13-6-2-1-3-7-13)21-19-20-14(12-26-19)17-10-24-15-8-4-5-9-16(15)25-17/h1-9,12,17H,10-11H2,(H,20,21,22)/t17-/m0/s1. The molecule has 1 aromatic heterocycles. The summed E-state index contributed by atoms with van der Waals surface area (Å²) in [5.41, 5.74) is 0.726. The molecule has 0 bridgehead atoms. The van der Waals surface area contributed by atoms with E-state index in [1.54, 1.807) is 12.1 Å². The molecule has 1 aliphatic rings. The number of aromatic nitrogens is 1. The Morgan fingerprint density at radius 3 is 2.77 bits per heavy atom. The molecule has 26 heavy (non-hydrogen) atoms. The van der Waals surface area contributed by atoms with Crippen molar-refractivity contribution in [2.24, 2.45) is 0 Å². The molecule has 0 saturated heterocycles. The highest BCUT2D eigenvalue weighted by molar-refractivity contribution is 7.13. The van der Waals surface area contributed by atoms with Crippen molar-refractivity contribution in [2.45, 2.75) is 6.10 Å². The van der Waals surface area contributed by atoms with E-state index >= 15 is 0 Å². The summed E-state index contributed by atoms with van der Waals surface area (Å²) in [6.07, 6.45) is -0.299. The molecule has 1 amide bonds. The lowest BCUT2D eigenvalue weighted by Gasteiger charge is -2.25. The molecule has 0 radical (unpaired) electrons. The normalized spacial score (nSPS) is 15.3. The van der Waals surface area contributed by atoms with E-state index in [1.165, 1.54) is 11.3 Å². The van der Waals surface area contributed by atoms with Gasteiger partial charge < -0.3 is 14.2 Å². The molecular formula is C19H16N2O4S. The molecule has 132 valence electrons. The van der Waals surface area contributed by atoms with Crippen molar-refractivity contribution < 1.29 is 19.0 Å². The highest BCUT2D eigenvalue weighted by Crippen LogP contribution is 2.36. The zero-order chi connectivity index (χ0) is 17.8. The molecule has 2 aromatic carbocycles. The van der Waals surface area contributed by atoms with E-state index in [0.717, 1.165) is 11.4 Å². The first-order chi connectivity index (χ1) is 12.8. The Bertz CT molecular complexity index is 897. The highest BCUT2D eigenvalue weighted by Gasteiger charge is 2.24. The molecule has 3 aromatic rings. The fraction of sp³-hybridized carbons (Fsp3) is 0.158. The quantitative estimate of drug-likeness (QED) is 0.744. The number of hydrogen-bond acceptors (Lipinski definition) is 6. The smallest absolute Gasteiger partial charge is 0.264 e. The molecule has 1 atom stereocenters. The van der Waals surface area contributed by atoms with Crippen molar-refractivity contribution in [3.8, 4) is 17.2 Å². The van der Waals surface area contributed by atoms with Crippen LogP contribution in [-0.4, -0.2) is 24.1 Å². The van der Waals surface area contributed by atoms with Gasteiger partial charge >= 0.3 is 0 Å². The van der Waals surface area contributed by atoms with E-state index in [4.69, 9.17) is 14.2 Å². The number of rotatable bonds is 5. The van der Waals surface area contributed by atoms with Crippen LogP contribution in [0.15, 0.2) is 60.0 Å². The van der Waals surface area contributed by atoms with Gasteiger partial charge in [-0.05, 0) is 24.3 Å². The third kappa shape index (κ3) is 3.78. The van der Waals surface area contributed by atoms with Gasteiger partial charge in [0.2, 0.25) is 0 Å². The van der Waals surface area contributed by atoms with Crippen LogP contribution in [0.4, 0.5) is 5.13 Å². The summed E-state index contributed by atoms with van der Waals surface area (Å²) in [7, 11) is 0. The van der Waals surface area contributed by atoms with E-state index < -0.39 is 0 Å². The number of anilines is 1. The fourth-order valence-corrected chi connectivity index (χ4v) is 3.25. The molecule has 0 aliphatic carbocycles. The van der Waals surface area contributed by atoms with Crippen LogP contribution >= 0.6 is 11.3 Å². The van der Waals surface area contributed by atoms with Crippen molar-refractivity contribution in [1.82, 2.24) is 4.98 Å². The molecule has 4 rings (SSSR count). The van der Waals surface area contributed by atoms with E-state index in [-0.39, 0.29) is 18.6 Å². The summed E-state index contributed by atoms with van der Waals surface area (Å²) in [5.74, 6) is 1.80. The lowest BCUT2D eigenvalue weighted by Crippen LogP contribution is -2.22. The van der Waals surface area contributed by atoms with Crippen LogP contribution in [0.3, 0.4) is 0 Å². The van der Waals surface area contributed by atoms with Gasteiger partial charge in [0.15, 0.2) is 29.3 Å². The zero-order valence-electron chi connectivity index (χ0n) is 13.8. The third-order valence-corrected chi connectivity index (χ3v) is 4.50. The number of carbonyl (C=O) groups excluding carboxylic acids is 1. The van der Waals surface area contributed by atoms with Crippen molar-refractivity contribution in [3.05, 3.63) is 65.7 Å². The molecule has 1 aliphatic heterocycles. The maximum Gasteiger partial charge on any atom is 0.264 e. The average Bonchev–Trinajstić information content (AvgIpc) is 3.15. The average molecular weight is 368 g/mol. The van der Waals surface area contributed by atoms with Crippen molar-refractivity contribution in [1.29, 1.82) is 0 Å². The van der Waals surface area contributed by atoms with E-state index in [2.05, 4.69) is 10.3 Å². The highest BCUT2D eigenvalue weighted by atomic mass is 32.1. The first-order valence-corrected chi connectivity index (χ1v) is 8.97. The summed E-state index contributed by atoms with van der Waals surface area (Å²) in [6.45, 7) is 0.306. The lowest BCUT2D eigenvalue weighted by atomic mass is 10.2. The first-order valence-electron chi connectivity index (χ1n) is 8.09. The molecule has 0 spiro atoms. The minimum Gasteiger partial charge on any atom is -0.485 e. The summed E-state index contributed by atoms with van der Waals surface area (Å²) in [5, 5.41) is 5.10. The van der Waals surface area contributed by atoms with E-state index in [1.807, 2.05) is 47.8 Å². The summed E-state index contributed by atoms with van der Waals surface area (Å²) < 4.78 is 17.0. The maximum absolute atomic E-state index is 12.0. The molecule has 6 nitrogen and oxygen atoms in total. The van der Waals surface area contributed by atoms with Crippen LogP contribution in [0.25, 0.3) is 0 Å². The minimum absolute atomic E-state index is 0.0741. The number of hydrogen-bond donors (Lipinski definition) is 1. The van der Waals surface area contributed by atoms with Gasteiger partial charge in [-0.2, -0.15) is 0 Å². The Labute approximate surface area is 154 Å². The van der Waals surface area contributed by atoms with Crippen LogP contribution < -0.4 is 19.5 Å². The second kappa shape index (κ2) is 7.45. The Morgan fingerprint density at radius 1 is 1.15 bits per heavy atom. The molecule has 7 heteroatoms. The van der Waals surface area contributed by atoms with Gasteiger partial charge in [-0.3, -0.25) is 10.1 Å².